The molecule has 2 aromatic heterocycles. The van der Waals surface area contributed by atoms with E-state index in [9.17, 15) is 18.3 Å². The van der Waals surface area contributed by atoms with Crippen LogP contribution < -0.4 is 4.74 Å². The van der Waals surface area contributed by atoms with Crippen LogP contribution in [0.1, 0.15) is 35.3 Å². The van der Waals surface area contributed by atoms with Crippen molar-refractivity contribution < 1.29 is 23.1 Å². The summed E-state index contributed by atoms with van der Waals surface area (Å²) in [5.41, 5.74) is 1.84. The van der Waals surface area contributed by atoms with Crippen molar-refractivity contribution in [3.05, 3.63) is 83.9 Å². The Morgan fingerprint density at radius 2 is 1.74 bits per heavy atom. The largest absolute Gasteiger partial charge is 0.487 e. The van der Waals surface area contributed by atoms with Crippen LogP contribution in [-0.2, 0) is 10.0 Å². The SMILES string of the molecule is C[C@@H]1CN([C@H](C)CO)S(=O)(=O)c2ccc(C#Cc3ccncc3)cc2O[C@H]1CN(C)C(=O)c1ccncc1. The summed E-state index contributed by atoms with van der Waals surface area (Å²) >= 11 is 0. The van der Waals surface area contributed by atoms with Gasteiger partial charge < -0.3 is 14.7 Å². The van der Waals surface area contributed by atoms with Crippen molar-refractivity contribution in [2.75, 3.05) is 26.7 Å². The van der Waals surface area contributed by atoms with E-state index in [1.54, 1.807) is 80.1 Å². The molecule has 1 aliphatic rings. The van der Waals surface area contributed by atoms with Gasteiger partial charge in [0.2, 0.25) is 10.0 Å². The van der Waals surface area contributed by atoms with Gasteiger partial charge in [-0.1, -0.05) is 18.8 Å². The van der Waals surface area contributed by atoms with E-state index in [-0.39, 0.29) is 42.2 Å². The quantitative estimate of drug-likeness (QED) is 0.500. The summed E-state index contributed by atoms with van der Waals surface area (Å²) in [6.07, 6.45) is 5.87. The summed E-state index contributed by atoms with van der Waals surface area (Å²) < 4.78 is 35.0. The van der Waals surface area contributed by atoms with Crippen LogP contribution in [0.25, 0.3) is 0 Å². The van der Waals surface area contributed by atoms with Gasteiger partial charge in [-0.15, -0.1) is 0 Å². The minimum atomic E-state index is -3.98. The summed E-state index contributed by atoms with van der Waals surface area (Å²) in [4.78, 5) is 22.5. The first-order valence-corrected chi connectivity index (χ1v) is 13.7. The molecule has 0 saturated carbocycles. The van der Waals surface area contributed by atoms with Crippen LogP contribution in [0.3, 0.4) is 0 Å². The van der Waals surface area contributed by atoms with Crippen molar-refractivity contribution in [3.63, 3.8) is 0 Å². The average Bonchev–Trinajstić information content (AvgIpc) is 2.93. The predicted molar refractivity (Wildman–Crippen MR) is 142 cm³/mol. The number of nitrogens with zero attached hydrogens (tertiary/aromatic N) is 4. The van der Waals surface area contributed by atoms with Gasteiger partial charge in [-0.3, -0.25) is 14.8 Å². The van der Waals surface area contributed by atoms with Crippen LogP contribution in [0.5, 0.6) is 5.75 Å². The Bertz CT molecular complexity index is 1440. The van der Waals surface area contributed by atoms with E-state index < -0.39 is 22.2 Å². The fraction of sp³-hybridized carbons (Fsp3) is 0.321. The lowest BCUT2D eigenvalue weighted by atomic mass is 10.0. The third kappa shape index (κ3) is 6.02. The number of carbonyl (C=O) groups is 1. The average molecular weight is 535 g/mol. The van der Waals surface area contributed by atoms with E-state index >= 15 is 0 Å². The molecule has 3 atom stereocenters. The molecule has 4 rings (SSSR count). The normalized spacial score (nSPS) is 19.5. The van der Waals surface area contributed by atoms with Crippen molar-refractivity contribution >= 4 is 15.9 Å². The molecule has 1 aliphatic heterocycles. The van der Waals surface area contributed by atoms with Gasteiger partial charge in [-0.05, 0) is 49.4 Å². The molecular weight excluding hydrogens is 504 g/mol. The van der Waals surface area contributed by atoms with Crippen LogP contribution in [-0.4, -0.2) is 77.5 Å². The van der Waals surface area contributed by atoms with E-state index in [1.165, 1.54) is 10.4 Å². The van der Waals surface area contributed by atoms with Gasteiger partial charge in [0.05, 0.1) is 13.2 Å². The Balaban J connectivity index is 1.72. The Kier molecular flexibility index (Phi) is 8.42. The van der Waals surface area contributed by atoms with Gasteiger partial charge in [-0.2, -0.15) is 4.31 Å². The van der Waals surface area contributed by atoms with Gasteiger partial charge in [0, 0.05) is 67.0 Å². The Hall–Kier alpha value is -3.78. The Morgan fingerprint density at radius 3 is 2.39 bits per heavy atom. The smallest absolute Gasteiger partial charge is 0.253 e. The van der Waals surface area contributed by atoms with Crippen molar-refractivity contribution in [1.29, 1.82) is 0 Å². The Morgan fingerprint density at radius 1 is 1.11 bits per heavy atom. The number of pyridine rings is 2. The second-order valence-corrected chi connectivity index (χ2v) is 11.2. The molecule has 1 N–H and O–H groups in total. The number of hydrogen-bond donors (Lipinski definition) is 1. The highest BCUT2D eigenvalue weighted by Crippen LogP contribution is 2.34. The van der Waals surface area contributed by atoms with E-state index in [4.69, 9.17) is 4.74 Å². The van der Waals surface area contributed by atoms with Crippen molar-refractivity contribution in [1.82, 2.24) is 19.2 Å². The van der Waals surface area contributed by atoms with E-state index in [0.717, 1.165) is 5.56 Å². The molecule has 0 spiro atoms. The zero-order chi connectivity index (χ0) is 27.3. The first-order chi connectivity index (χ1) is 18.2. The topological polar surface area (TPSA) is 113 Å². The van der Waals surface area contributed by atoms with E-state index in [0.29, 0.717) is 11.1 Å². The standard InChI is InChI=1S/C28H30N4O5S/c1-20-17-32(21(2)19-33)38(35,36)27-7-6-23(5-4-22-8-12-29-13-9-22)16-25(27)37-26(20)18-31(3)28(34)24-10-14-30-15-11-24/h6-16,20-21,26,33H,17-19H2,1-3H3/t20-,21-,26+/m1/s1. The van der Waals surface area contributed by atoms with Crippen LogP contribution in [0.4, 0.5) is 0 Å². The third-order valence-electron chi connectivity index (χ3n) is 6.43. The van der Waals surface area contributed by atoms with Crippen LogP contribution in [0.2, 0.25) is 0 Å². The van der Waals surface area contributed by atoms with Gasteiger partial charge in [0.15, 0.2) is 0 Å². The van der Waals surface area contributed by atoms with E-state index in [2.05, 4.69) is 21.8 Å². The maximum absolute atomic E-state index is 13.7. The van der Waals surface area contributed by atoms with Crippen LogP contribution >= 0.6 is 0 Å². The van der Waals surface area contributed by atoms with Crippen LogP contribution in [0, 0.1) is 17.8 Å². The number of benzene rings is 1. The number of hydrogen-bond acceptors (Lipinski definition) is 7. The number of aliphatic hydroxyl groups excluding tert-OH is 1. The molecule has 9 nitrogen and oxygen atoms in total. The summed E-state index contributed by atoms with van der Waals surface area (Å²) in [6.45, 7) is 3.54. The third-order valence-corrected chi connectivity index (χ3v) is 8.45. The molecule has 198 valence electrons. The summed E-state index contributed by atoms with van der Waals surface area (Å²) in [7, 11) is -2.30. The first kappa shape index (κ1) is 27.3. The van der Waals surface area contributed by atoms with Crippen molar-refractivity contribution in [2.45, 2.75) is 30.9 Å². The van der Waals surface area contributed by atoms with Gasteiger partial charge >= 0.3 is 0 Å². The molecule has 0 aliphatic carbocycles. The maximum atomic E-state index is 13.7. The molecule has 3 aromatic rings. The lowest BCUT2D eigenvalue weighted by Gasteiger charge is -2.37. The monoisotopic (exact) mass is 534 g/mol. The first-order valence-electron chi connectivity index (χ1n) is 12.2. The Labute approximate surface area is 223 Å². The number of aliphatic hydroxyl groups is 1. The molecule has 3 heterocycles. The molecule has 1 aromatic carbocycles. The zero-order valence-corrected chi connectivity index (χ0v) is 22.3. The molecule has 0 saturated heterocycles. The van der Waals surface area contributed by atoms with Gasteiger partial charge in [0.1, 0.15) is 16.7 Å². The number of carbonyl (C=O) groups excluding carboxylic acids is 1. The molecule has 1 amide bonds. The molecule has 0 unspecified atom stereocenters. The number of aromatic nitrogens is 2. The highest BCUT2D eigenvalue weighted by atomic mass is 32.2. The second-order valence-electron chi connectivity index (χ2n) is 9.31. The summed E-state index contributed by atoms with van der Waals surface area (Å²) in [6, 6.07) is 10.9. The number of rotatable bonds is 5. The van der Waals surface area contributed by atoms with Crippen molar-refractivity contribution in [2.24, 2.45) is 5.92 Å². The highest BCUT2D eigenvalue weighted by Gasteiger charge is 2.38. The summed E-state index contributed by atoms with van der Waals surface area (Å²) in [5.74, 6) is 5.75. The number of ether oxygens (including phenoxy) is 1. The molecule has 0 bridgehead atoms. The molecule has 38 heavy (non-hydrogen) atoms. The fourth-order valence-corrected chi connectivity index (χ4v) is 5.99. The highest BCUT2D eigenvalue weighted by molar-refractivity contribution is 7.89. The predicted octanol–water partition coefficient (Wildman–Crippen LogP) is 2.42. The number of amides is 1. The van der Waals surface area contributed by atoms with E-state index in [1.807, 2.05) is 6.92 Å². The van der Waals surface area contributed by atoms with Gasteiger partial charge in [0.25, 0.3) is 5.91 Å². The molecule has 0 radical (unpaired) electrons. The number of likely N-dealkylation sites (N-methyl/N-ethyl adjacent to an activating group) is 1. The molecular formula is C28H30N4O5S. The minimum absolute atomic E-state index is 0.00715. The number of fused-ring (bicyclic) bond motifs is 1. The van der Waals surface area contributed by atoms with Crippen molar-refractivity contribution in [3.8, 4) is 17.6 Å². The van der Waals surface area contributed by atoms with Crippen LogP contribution in [0.15, 0.2) is 72.1 Å². The fourth-order valence-electron chi connectivity index (χ4n) is 4.17. The summed E-state index contributed by atoms with van der Waals surface area (Å²) in [5, 5.41) is 9.83. The van der Waals surface area contributed by atoms with Gasteiger partial charge in [-0.25, -0.2) is 8.42 Å². The lowest BCUT2D eigenvalue weighted by Crippen LogP contribution is -2.50. The minimum Gasteiger partial charge on any atom is -0.487 e. The maximum Gasteiger partial charge on any atom is 0.253 e. The lowest BCUT2D eigenvalue weighted by molar-refractivity contribution is 0.0563. The molecule has 10 heteroatoms. The molecule has 0 fully saturated rings. The second kappa shape index (κ2) is 11.7. The zero-order valence-electron chi connectivity index (χ0n) is 21.5. The number of sulfonamides is 1.